The maximum Gasteiger partial charge on any atom is 0.274 e. The van der Waals surface area contributed by atoms with Gasteiger partial charge in [0.15, 0.2) is 5.69 Å². The molecule has 0 bridgehead atoms. The van der Waals surface area contributed by atoms with Crippen molar-refractivity contribution in [3.8, 4) is 0 Å². The van der Waals surface area contributed by atoms with Gasteiger partial charge in [0, 0.05) is 19.0 Å². The smallest absolute Gasteiger partial charge is 0.274 e. The Bertz CT molecular complexity index is 771. The van der Waals surface area contributed by atoms with Crippen LogP contribution in [0.5, 0.6) is 0 Å². The largest absolute Gasteiger partial charge is 0.336 e. The van der Waals surface area contributed by atoms with Crippen molar-refractivity contribution in [1.29, 1.82) is 0 Å². The number of amides is 1. The fraction of sp³-hybridized carbons (Fsp3) is 0.118. The van der Waals surface area contributed by atoms with Crippen LogP contribution in [-0.4, -0.2) is 28.1 Å². The van der Waals surface area contributed by atoms with E-state index in [0.29, 0.717) is 12.2 Å². The first-order chi connectivity index (χ1) is 10.2. The van der Waals surface area contributed by atoms with Crippen LogP contribution in [0.3, 0.4) is 0 Å². The first kappa shape index (κ1) is 13.2. The van der Waals surface area contributed by atoms with E-state index in [9.17, 15) is 4.79 Å². The summed E-state index contributed by atoms with van der Waals surface area (Å²) >= 11 is 0. The van der Waals surface area contributed by atoms with Crippen molar-refractivity contribution in [2.75, 3.05) is 7.05 Å². The molecule has 4 heteroatoms. The summed E-state index contributed by atoms with van der Waals surface area (Å²) in [5.41, 5.74) is 2.24. The summed E-state index contributed by atoms with van der Waals surface area (Å²) < 4.78 is 0. The minimum Gasteiger partial charge on any atom is -0.336 e. The number of carbonyl (C=O) groups excluding carboxylic acids is 1. The number of fused-ring (bicyclic) bond motifs is 1. The lowest BCUT2D eigenvalue weighted by molar-refractivity contribution is 0.0778. The Hall–Kier alpha value is -2.75. The van der Waals surface area contributed by atoms with E-state index in [-0.39, 0.29) is 5.91 Å². The normalized spacial score (nSPS) is 10.5. The molecule has 0 radical (unpaired) electrons. The summed E-state index contributed by atoms with van der Waals surface area (Å²) in [5.74, 6) is -0.128. The zero-order valence-corrected chi connectivity index (χ0v) is 11.7. The zero-order chi connectivity index (χ0) is 14.7. The molecule has 1 aromatic heterocycles. The van der Waals surface area contributed by atoms with E-state index in [4.69, 9.17) is 0 Å². The highest BCUT2D eigenvalue weighted by atomic mass is 16.2. The van der Waals surface area contributed by atoms with Gasteiger partial charge >= 0.3 is 0 Å². The van der Waals surface area contributed by atoms with E-state index < -0.39 is 0 Å². The molecule has 104 valence electrons. The molecule has 0 saturated heterocycles. The Morgan fingerprint density at radius 2 is 1.71 bits per heavy atom. The topological polar surface area (TPSA) is 46.1 Å². The van der Waals surface area contributed by atoms with Gasteiger partial charge in [0.2, 0.25) is 0 Å². The molecule has 0 aliphatic rings. The average Bonchev–Trinajstić information content (AvgIpc) is 2.54. The van der Waals surface area contributed by atoms with Crippen LogP contribution >= 0.6 is 0 Å². The van der Waals surface area contributed by atoms with Crippen LogP contribution in [-0.2, 0) is 6.54 Å². The predicted molar refractivity (Wildman–Crippen MR) is 81.8 cm³/mol. The fourth-order valence-electron chi connectivity index (χ4n) is 2.21. The lowest BCUT2D eigenvalue weighted by Gasteiger charge is -2.16. The number of carbonyl (C=O) groups is 1. The molecular weight excluding hydrogens is 262 g/mol. The third kappa shape index (κ3) is 2.89. The standard InChI is InChI=1S/C17H15N3O/c1-20(12-13-7-3-2-4-8-13)17(21)16-11-14-9-5-6-10-15(14)18-19-16/h2-11H,12H2,1H3. The fourth-order valence-corrected chi connectivity index (χ4v) is 2.21. The summed E-state index contributed by atoms with van der Waals surface area (Å²) in [5, 5.41) is 9.04. The molecule has 0 aliphatic carbocycles. The minimum absolute atomic E-state index is 0.128. The molecule has 0 aliphatic heterocycles. The molecular formula is C17H15N3O. The molecule has 0 fully saturated rings. The highest BCUT2D eigenvalue weighted by molar-refractivity contribution is 5.95. The lowest BCUT2D eigenvalue weighted by Crippen LogP contribution is -2.27. The summed E-state index contributed by atoms with van der Waals surface area (Å²) in [6, 6.07) is 19.3. The van der Waals surface area contributed by atoms with Crippen molar-refractivity contribution in [1.82, 2.24) is 15.1 Å². The first-order valence-electron chi connectivity index (χ1n) is 6.76. The SMILES string of the molecule is CN(Cc1ccccc1)C(=O)c1cc2ccccc2nn1. The van der Waals surface area contributed by atoms with Crippen LogP contribution < -0.4 is 0 Å². The maximum atomic E-state index is 12.4. The molecule has 21 heavy (non-hydrogen) atoms. The summed E-state index contributed by atoms with van der Waals surface area (Å²) in [6.07, 6.45) is 0. The minimum atomic E-state index is -0.128. The summed E-state index contributed by atoms with van der Waals surface area (Å²) in [4.78, 5) is 14.1. The maximum absolute atomic E-state index is 12.4. The van der Waals surface area contributed by atoms with Crippen LogP contribution in [0.15, 0.2) is 60.7 Å². The molecule has 2 aromatic carbocycles. The molecule has 3 rings (SSSR count). The van der Waals surface area contributed by atoms with E-state index in [2.05, 4.69) is 10.2 Å². The van der Waals surface area contributed by atoms with E-state index in [0.717, 1.165) is 16.5 Å². The van der Waals surface area contributed by atoms with Crippen molar-refractivity contribution < 1.29 is 4.79 Å². The Kier molecular flexibility index (Phi) is 3.60. The Labute approximate surface area is 123 Å². The molecule has 1 amide bonds. The average molecular weight is 277 g/mol. The van der Waals surface area contributed by atoms with Gasteiger partial charge in [0.25, 0.3) is 5.91 Å². The van der Waals surface area contributed by atoms with Crippen molar-refractivity contribution in [2.24, 2.45) is 0 Å². The molecule has 0 spiro atoms. The van der Waals surface area contributed by atoms with Gasteiger partial charge in [0.1, 0.15) is 0 Å². The Balaban J connectivity index is 1.82. The number of benzene rings is 2. The van der Waals surface area contributed by atoms with Crippen molar-refractivity contribution >= 4 is 16.8 Å². The number of hydrogen-bond acceptors (Lipinski definition) is 3. The monoisotopic (exact) mass is 277 g/mol. The van der Waals surface area contributed by atoms with Gasteiger partial charge < -0.3 is 4.90 Å². The van der Waals surface area contributed by atoms with E-state index in [1.54, 1.807) is 18.0 Å². The second-order valence-electron chi connectivity index (χ2n) is 4.94. The predicted octanol–water partition coefficient (Wildman–Crippen LogP) is 2.90. The van der Waals surface area contributed by atoms with Crippen LogP contribution in [0.4, 0.5) is 0 Å². The molecule has 0 atom stereocenters. The van der Waals surface area contributed by atoms with Gasteiger partial charge in [-0.25, -0.2) is 0 Å². The van der Waals surface area contributed by atoms with Crippen LogP contribution in [0.25, 0.3) is 10.9 Å². The highest BCUT2D eigenvalue weighted by Crippen LogP contribution is 2.13. The molecule has 1 heterocycles. The van der Waals surface area contributed by atoms with E-state index >= 15 is 0 Å². The number of hydrogen-bond donors (Lipinski definition) is 0. The summed E-state index contributed by atoms with van der Waals surface area (Å²) in [6.45, 7) is 0.550. The first-order valence-corrected chi connectivity index (χ1v) is 6.76. The quantitative estimate of drug-likeness (QED) is 0.739. The van der Waals surface area contributed by atoms with Crippen LogP contribution in [0.2, 0.25) is 0 Å². The summed E-state index contributed by atoms with van der Waals surface area (Å²) in [7, 11) is 1.77. The Morgan fingerprint density at radius 3 is 2.52 bits per heavy atom. The van der Waals surface area contributed by atoms with E-state index in [1.807, 2.05) is 54.6 Å². The molecule has 4 nitrogen and oxygen atoms in total. The highest BCUT2D eigenvalue weighted by Gasteiger charge is 2.14. The third-order valence-corrected chi connectivity index (χ3v) is 3.32. The number of rotatable bonds is 3. The lowest BCUT2D eigenvalue weighted by atomic mass is 10.2. The van der Waals surface area contributed by atoms with Gasteiger partial charge in [-0.2, -0.15) is 0 Å². The van der Waals surface area contributed by atoms with Crippen molar-refractivity contribution in [2.45, 2.75) is 6.54 Å². The van der Waals surface area contributed by atoms with Gasteiger partial charge in [-0.1, -0.05) is 48.5 Å². The molecule has 0 saturated carbocycles. The second kappa shape index (κ2) is 5.71. The second-order valence-corrected chi connectivity index (χ2v) is 4.94. The van der Waals surface area contributed by atoms with Crippen molar-refractivity contribution in [3.05, 3.63) is 71.9 Å². The molecule has 3 aromatic rings. The van der Waals surface area contributed by atoms with Crippen LogP contribution in [0, 0.1) is 0 Å². The number of aromatic nitrogens is 2. The van der Waals surface area contributed by atoms with Gasteiger partial charge in [0.05, 0.1) is 5.52 Å². The van der Waals surface area contributed by atoms with Gasteiger partial charge in [-0.05, 0) is 17.7 Å². The van der Waals surface area contributed by atoms with Gasteiger partial charge in [-0.15, -0.1) is 10.2 Å². The van der Waals surface area contributed by atoms with Crippen LogP contribution in [0.1, 0.15) is 16.1 Å². The molecule has 0 N–H and O–H groups in total. The van der Waals surface area contributed by atoms with Gasteiger partial charge in [-0.3, -0.25) is 4.79 Å². The van der Waals surface area contributed by atoms with E-state index in [1.165, 1.54) is 0 Å². The molecule has 0 unspecified atom stereocenters. The third-order valence-electron chi connectivity index (χ3n) is 3.32. The van der Waals surface area contributed by atoms with Crippen molar-refractivity contribution in [3.63, 3.8) is 0 Å². The number of nitrogens with zero attached hydrogens (tertiary/aromatic N) is 3. The zero-order valence-electron chi connectivity index (χ0n) is 11.7. The Morgan fingerprint density at radius 1 is 1.00 bits per heavy atom.